The molecule has 0 saturated carbocycles. The number of aromatic amines is 1. The van der Waals surface area contributed by atoms with Gasteiger partial charge in [-0.25, -0.2) is 8.78 Å². The maximum absolute atomic E-state index is 13.7. The quantitative estimate of drug-likeness (QED) is 0.935. The van der Waals surface area contributed by atoms with E-state index in [4.69, 9.17) is 0 Å². The van der Waals surface area contributed by atoms with Crippen molar-refractivity contribution in [2.45, 2.75) is 25.3 Å². The van der Waals surface area contributed by atoms with Crippen LogP contribution in [0, 0.1) is 11.6 Å². The van der Waals surface area contributed by atoms with Gasteiger partial charge in [-0.2, -0.15) is 5.10 Å². The third kappa shape index (κ3) is 2.72. The molecule has 0 spiro atoms. The number of benzene rings is 1. The Morgan fingerprint density at radius 1 is 1.30 bits per heavy atom. The van der Waals surface area contributed by atoms with Gasteiger partial charge in [0, 0.05) is 36.5 Å². The Morgan fingerprint density at radius 2 is 2.20 bits per heavy atom. The van der Waals surface area contributed by atoms with Crippen LogP contribution in [0.25, 0.3) is 0 Å². The number of hydrogen-bond acceptors (Lipinski definition) is 2. The van der Waals surface area contributed by atoms with Crippen LogP contribution in [0.2, 0.25) is 0 Å². The lowest BCUT2D eigenvalue weighted by atomic mass is 9.94. The van der Waals surface area contributed by atoms with Crippen LogP contribution in [0.1, 0.15) is 30.0 Å². The molecule has 3 rings (SSSR count). The first-order valence-corrected chi connectivity index (χ1v) is 6.88. The summed E-state index contributed by atoms with van der Waals surface area (Å²) in [6, 6.07) is 6.35. The normalized spacial score (nSPS) is 20.2. The van der Waals surface area contributed by atoms with Crippen molar-refractivity contribution in [2.24, 2.45) is 0 Å². The van der Waals surface area contributed by atoms with Gasteiger partial charge < -0.3 is 0 Å². The summed E-state index contributed by atoms with van der Waals surface area (Å²) in [6.07, 6.45) is 3.91. The lowest BCUT2D eigenvalue weighted by Gasteiger charge is -2.32. The highest BCUT2D eigenvalue weighted by Gasteiger charge is 2.23. The van der Waals surface area contributed by atoms with Gasteiger partial charge in [-0.15, -0.1) is 0 Å². The summed E-state index contributed by atoms with van der Waals surface area (Å²) >= 11 is 0. The van der Waals surface area contributed by atoms with Crippen molar-refractivity contribution in [3.05, 3.63) is 53.4 Å². The highest BCUT2D eigenvalue weighted by Crippen LogP contribution is 2.26. The fourth-order valence-corrected chi connectivity index (χ4v) is 2.86. The molecule has 0 unspecified atom stereocenters. The zero-order chi connectivity index (χ0) is 13.9. The van der Waals surface area contributed by atoms with E-state index in [-0.39, 0.29) is 0 Å². The van der Waals surface area contributed by atoms with Crippen LogP contribution in [-0.2, 0) is 6.54 Å². The third-order valence-corrected chi connectivity index (χ3v) is 3.89. The molecule has 1 aromatic heterocycles. The van der Waals surface area contributed by atoms with Gasteiger partial charge in [-0.3, -0.25) is 10.00 Å². The molecule has 1 aliphatic heterocycles. The SMILES string of the molecule is Fc1cccc(CN2CCC[C@H](c3ccn[nH]3)C2)c1F. The van der Waals surface area contributed by atoms with Gasteiger partial charge in [0.1, 0.15) is 0 Å². The minimum atomic E-state index is -0.773. The van der Waals surface area contributed by atoms with Crippen molar-refractivity contribution >= 4 is 0 Å². The monoisotopic (exact) mass is 277 g/mol. The number of aromatic nitrogens is 2. The highest BCUT2D eigenvalue weighted by atomic mass is 19.2. The second-order valence-electron chi connectivity index (χ2n) is 5.30. The molecule has 106 valence electrons. The number of H-pyrrole nitrogens is 1. The van der Waals surface area contributed by atoms with Crippen LogP contribution in [0.3, 0.4) is 0 Å². The van der Waals surface area contributed by atoms with E-state index in [9.17, 15) is 8.78 Å². The molecule has 1 aromatic carbocycles. The first kappa shape index (κ1) is 13.2. The molecule has 0 aliphatic carbocycles. The van der Waals surface area contributed by atoms with Crippen molar-refractivity contribution < 1.29 is 8.78 Å². The van der Waals surface area contributed by atoms with E-state index in [1.807, 2.05) is 6.07 Å². The number of nitrogens with one attached hydrogen (secondary N) is 1. The number of hydrogen-bond donors (Lipinski definition) is 1. The van der Waals surface area contributed by atoms with E-state index in [1.165, 1.54) is 0 Å². The van der Waals surface area contributed by atoms with Gasteiger partial charge in [0.15, 0.2) is 11.6 Å². The van der Waals surface area contributed by atoms with E-state index in [0.29, 0.717) is 18.0 Å². The molecule has 1 fully saturated rings. The molecule has 2 aromatic rings. The van der Waals surface area contributed by atoms with E-state index >= 15 is 0 Å². The fourth-order valence-electron chi connectivity index (χ4n) is 2.86. The van der Waals surface area contributed by atoms with E-state index < -0.39 is 11.6 Å². The largest absolute Gasteiger partial charge is 0.298 e. The minimum Gasteiger partial charge on any atom is -0.298 e. The molecule has 0 amide bonds. The topological polar surface area (TPSA) is 31.9 Å². The average Bonchev–Trinajstić information content (AvgIpc) is 2.98. The van der Waals surface area contributed by atoms with E-state index in [2.05, 4.69) is 15.1 Å². The van der Waals surface area contributed by atoms with Crippen molar-refractivity contribution in [3.8, 4) is 0 Å². The van der Waals surface area contributed by atoms with Gasteiger partial charge in [0.05, 0.1) is 0 Å². The summed E-state index contributed by atoms with van der Waals surface area (Å²) < 4.78 is 26.9. The van der Waals surface area contributed by atoms with Crippen molar-refractivity contribution in [2.75, 3.05) is 13.1 Å². The Bertz CT molecular complexity index is 569. The smallest absolute Gasteiger partial charge is 0.163 e. The molecular formula is C15H17F2N3. The summed E-state index contributed by atoms with van der Waals surface area (Å²) in [7, 11) is 0. The van der Waals surface area contributed by atoms with Crippen molar-refractivity contribution in [1.82, 2.24) is 15.1 Å². The first-order chi connectivity index (χ1) is 9.74. The molecule has 5 heteroatoms. The van der Waals surface area contributed by atoms with Gasteiger partial charge in [-0.05, 0) is 31.5 Å². The first-order valence-electron chi connectivity index (χ1n) is 6.88. The molecule has 1 saturated heterocycles. The van der Waals surface area contributed by atoms with Crippen molar-refractivity contribution in [3.63, 3.8) is 0 Å². The van der Waals surface area contributed by atoms with E-state index in [0.717, 1.165) is 37.7 Å². The third-order valence-electron chi connectivity index (χ3n) is 3.89. The molecule has 1 N–H and O–H groups in total. The second kappa shape index (κ2) is 5.71. The zero-order valence-corrected chi connectivity index (χ0v) is 11.1. The Kier molecular flexibility index (Phi) is 3.78. The average molecular weight is 277 g/mol. The summed E-state index contributed by atoms with van der Waals surface area (Å²) in [5.41, 5.74) is 1.55. The Balaban J connectivity index is 1.70. The molecule has 0 bridgehead atoms. The summed E-state index contributed by atoms with van der Waals surface area (Å²) in [5, 5.41) is 6.98. The molecule has 20 heavy (non-hydrogen) atoms. The Morgan fingerprint density at radius 3 is 3.00 bits per heavy atom. The fraction of sp³-hybridized carbons (Fsp3) is 0.400. The number of nitrogens with zero attached hydrogens (tertiary/aromatic N) is 2. The predicted molar refractivity (Wildman–Crippen MR) is 72.2 cm³/mol. The van der Waals surface area contributed by atoms with Crippen LogP contribution in [0.4, 0.5) is 8.78 Å². The lowest BCUT2D eigenvalue weighted by molar-refractivity contribution is 0.195. The number of rotatable bonds is 3. The van der Waals surface area contributed by atoms with Crippen LogP contribution in [0.15, 0.2) is 30.5 Å². The standard InChI is InChI=1S/C15H17F2N3/c16-13-5-1-3-12(15(13)17)10-20-8-2-4-11(9-20)14-6-7-18-19-14/h1,3,5-7,11H,2,4,8-10H2,(H,18,19)/t11-/m0/s1. The molecule has 0 radical (unpaired) electrons. The zero-order valence-electron chi connectivity index (χ0n) is 11.1. The van der Waals surface area contributed by atoms with Crippen LogP contribution in [0.5, 0.6) is 0 Å². The van der Waals surface area contributed by atoms with Gasteiger partial charge in [0.2, 0.25) is 0 Å². The molecule has 2 heterocycles. The maximum Gasteiger partial charge on any atom is 0.163 e. The molecule has 3 nitrogen and oxygen atoms in total. The summed E-state index contributed by atoms with van der Waals surface area (Å²) in [6.45, 7) is 2.22. The number of likely N-dealkylation sites (tertiary alicyclic amines) is 1. The van der Waals surface area contributed by atoms with Crippen LogP contribution in [-0.4, -0.2) is 28.2 Å². The van der Waals surface area contributed by atoms with E-state index in [1.54, 1.807) is 18.3 Å². The van der Waals surface area contributed by atoms with Gasteiger partial charge in [-0.1, -0.05) is 12.1 Å². The van der Waals surface area contributed by atoms with Crippen LogP contribution < -0.4 is 0 Å². The highest BCUT2D eigenvalue weighted by molar-refractivity contribution is 5.19. The molecule has 1 aliphatic rings. The Labute approximate surface area is 116 Å². The number of halogens is 2. The minimum absolute atomic E-state index is 0.392. The summed E-state index contributed by atoms with van der Waals surface area (Å²) in [4.78, 5) is 2.17. The van der Waals surface area contributed by atoms with Gasteiger partial charge in [0.25, 0.3) is 0 Å². The number of piperidine rings is 1. The predicted octanol–water partition coefficient (Wildman–Crippen LogP) is 3.07. The van der Waals surface area contributed by atoms with Crippen LogP contribution >= 0.6 is 0 Å². The summed E-state index contributed by atoms with van der Waals surface area (Å²) in [5.74, 6) is -1.11. The molecule has 1 atom stereocenters. The second-order valence-corrected chi connectivity index (χ2v) is 5.30. The lowest BCUT2D eigenvalue weighted by Crippen LogP contribution is -2.34. The van der Waals surface area contributed by atoms with Gasteiger partial charge >= 0.3 is 0 Å². The Hall–Kier alpha value is -1.75. The maximum atomic E-state index is 13.7. The molecular weight excluding hydrogens is 260 g/mol. The van der Waals surface area contributed by atoms with Crippen molar-refractivity contribution in [1.29, 1.82) is 0 Å².